The van der Waals surface area contributed by atoms with Crippen LogP contribution in [0.3, 0.4) is 0 Å². The third kappa shape index (κ3) is 3.65. The molecule has 6 heteroatoms. The fraction of sp³-hybridized carbons (Fsp3) is 0.214. The molecule has 1 aromatic carbocycles. The normalized spacial score (nSPS) is 11.8. The number of hydrogen-bond acceptors (Lipinski definition) is 3. The number of urea groups is 1. The van der Waals surface area contributed by atoms with Gasteiger partial charge in [-0.3, -0.25) is 0 Å². The molecule has 0 aliphatic rings. The topological polar surface area (TPSA) is 50.4 Å². The summed E-state index contributed by atoms with van der Waals surface area (Å²) < 4.78 is 5.89. The molecule has 0 radical (unpaired) electrons. The summed E-state index contributed by atoms with van der Waals surface area (Å²) in [5.74, 6) is 0.620. The lowest BCUT2D eigenvalue weighted by molar-refractivity contribution is 0.249. The number of carbonyl (C=O) groups is 1. The molecular weight excluding hydrogens is 296 g/mol. The van der Waals surface area contributed by atoms with Crippen LogP contribution in [0.2, 0.25) is 4.34 Å². The maximum atomic E-state index is 12.0. The van der Waals surface area contributed by atoms with Gasteiger partial charge < -0.3 is 15.4 Å². The standard InChI is InChI=1S/C14H15ClN2O2S/c1-9(12-7-8-13(15)20-12)16-14(18)17-10-5-3-4-6-11(10)19-2/h3-9H,1-2H3,(H2,16,17,18)/t9-/m0/s1. The second-order valence-corrected chi connectivity index (χ2v) is 5.91. The number of rotatable bonds is 4. The number of methoxy groups -OCH3 is 1. The van der Waals surface area contributed by atoms with E-state index in [1.807, 2.05) is 31.2 Å². The first kappa shape index (κ1) is 14.7. The van der Waals surface area contributed by atoms with E-state index in [0.29, 0.717) is 15.8 Å². The highest BCUT2D eigenvalue weighted by atomic mass is 35.5. The Morgan fingerprint density at radius 2 is 2.05 bits per heavy atom. The van der Waals surface area contributed by atoms with Crippen LogP contribution >= 0.6 is 22.9 Å². The van der Waals surface area contributed by atoms with E-state index in [4.69, 9.17) is 16.3 Å². The molecule has 1 heterocycles. The Hall–Kier alpha value is -1.72. The zero-order valence-corrected chi connectivity index (χ0v) is 12.7. The Kier molecular flexibility index (Phi) is 4.87. The lowest BCUT2D eigenvalue weighted by atomic mass is 10.3. The number of thiophene rings is 1. The van der Waals surface area contributed by atoms with Gasteiger partial charge >= 0.3 is 6.03 Å². The largest absolute Gasteiger partial charge is 0.495 e. The molecule has 2 aromatic rings. The molecule has 20 heavy (non-hydrogen) atoms. The lowest BCUT2D eigenvalue weighted by Gasteiger charge is -2.14. The zero-order chi connectivity index (χ0) is 14.5. The van der Waals surface area contributed by atoms with Crippen molar-refractivity contribution in [3.05, 3.63) is 45.6 Å². The van der Waals surface area contributed by atoms with Crippen molar-refractivity contribution < 1.29 is 9.53 Å². The van der Waals surface area contributed by atoms with Gasteiger partial charge in [0, 0.05) is 4.88 Å². The number of para-hydroxylation sites is 2. The van der Waals surface area contributed by atoms with Gasteiger partial charge in [0.1, 0.15) is 5.75 Å². The van der Waals surface area contributed by atoms with Gasteiger partial charge in [-0.2, -0.15) is 0 Å². The highest BCUT2D eigenvalue weighted by Gasteiger charge is 2.12. The van der Waals surface area contributed by atoms with Crippen molar-refractivity contribution >= 4 is 34.7 Å². The summed E-state index contributed by atoms with van der Waals surface area (Å²) in [5, 5.41) is 5.62. The molecule has 0 saturated heterocycles. The second-order valence-electron chi connectivity index (χ2n) is 4.16. The Morgan fingerprint density at radius 1 is 1.30 bits per heavy atom. The van der Waals surface area contributed by atoms with Crippen molar-refractivity contribution in [3.8, 4) is 5.75 Å². The number of ether oxygens (including phenoxy) is 1. The van der Waals surface area contributed by atoms with Gasteiger partial charge in [-0.05, 0) is 31.2 Å². The molecule has 0 aliphatic carbocycles. The van der Waals surface area contributed by atoms with E-state index in [-0.39, 0.29) is 12.1 Å². The summed E-state index contributed by atoms with van der Waals surface area (Å²) in [6, 6.07) is 10.6. The fourth-order valence-electron chi connectivity index (χ4n) is 1.74. The SMILES string of the molecule is COc1ccccc1NC(=O)N[C@@H](C)c1ccc(Cl)s1. The third-order valence-corrected chi connectivity index (χ3v) is 4.14. The van der Waals surface area contributed by atoms with E-state index >= 15 is 0 Å². The van der Waals surface area contributed by atoms with Gasteiger partial charge in [-0.25, -0.2) is 4.79 Å². The van der Waals surface area contributed by atoms with Crippen molar-refractivity contribution in [2.24, 2.45) is 0 Å². The summed E-state index contributed by atoms with van der Waals surface area (Å²) in [6.07, 6.45) is 0. The minimum atomic E-state index is -0.286. The first-order valence-electron chi connectivity index (χ1n) is 6.06. The molecule has 0 fully saturated rings. The number of carbonyl (C=O) groups excluding carboxylic acids is 1. The molecular formula is C14H15ClN2O2S. The number of hydrogen-bond donors (Lipinski definition) is 2. The van der Waals surface area contributed by atoms with Crippen LogP contribution in [0, 0.1) is 0 Å². The minimum absolute atomic E-state index is 0.109. The monoisotopic (exact) mass is 310 g/mol. The third-order valence-electron chi connectivity index (χ3n) is 2.72. The van der Waals surface area contributed by atoms with E-state index in [2.05, 4.69) is 10.6 Å². The first-order valence-corrected chi connectivity index (χ1v) is 7.25. The van der Waals surface area contributed by atoms with E-state index in [1.165, 1.54) is 11.3 Å². The molecule has 1 atom stereocenters. The van der Waals surface area contributed by atoms with Crippen LogP contribution in [0.1, 0.15) is 17.8 Å². The van der Waals surface area contributed by atoms with Gasteiger partial charge in [-0.15, -0.1) is 11.3 Å². The minimum Gasteiger partial charge on any atom is -0.495 e. The maximum Gasteiger partial charge on any atom is 0.319 e. The van der Waals surface area contributed by atoms with E-state index in [1.54, 1.807) is 19.2 Å². The van der Waals surface area contributed by atoms with Crippen LogP contribution in [0.4, 0.5) is 10.5 Å². The first-order chi connectivity index (χ1) is 9.60. The zero-order valence-electron chi connectivity index (χ0n) is 11.1. The molecule has 1 aromatic heterocycles. The number of amides is 2. The fourth-order valence-corrected chi connectivity index (χ4v) is 2.80. The molecule has 0 bridgehead atoms. The number of halogens is 1. The Morgan fingerprint density at radius 3 is 2.70 bits per heavy atom. The van der Waals surface area contributed by atoms with Crippen LogP contribution in [0.15, 0.2) is 36.4 Å². The highest BCUT2D eigenvalue weighted by Crippen LogP contribution is 2.27. The van der Waals surface area contributed by atoms with Crippen LogP contribution in [-0.4, -0.2) is 13.1 Å². The Labute approximate surface area is 126 Å². The summed E-state index contributed by atoms with van der Waals surface area (Å²) >= 11 is 7.33. The molecule has 0 unspecified atom stereocenters. The molecule has 2 N–H and O–H groups in total. The molecule has 0 spiro atoms. The van der Waals surface area contributed by atoms with Gasteiger partial charge in [0.2, 0.25) is 0 Å². The van der Waals surface area contributed by atoms with Crippen LogP contribution in [0.5, 0.6) is 5.75 Å². The number of anilines is 1. The van der Waals surface area contributed by atoms with E-state index in [9.17, 15) is 4.79 Å². The molecule has 2 amide bonds. The van der Waals surface area contributed by atoms with Gasteiger partial charge in [0.15, 0.2) is 0 Å². The number of nitrogens with one attached hydrogen (secondary N) is 2. The average Bonchev–Trinajstić information content (AvgIpc) is 2.86. The van der Waals surface area contributed by atoms with Crippen LogP contribution < -0.4 is 15.4 Å². The summed E-state index contributed by atoms with van der Waals surface area (Å²) in [6.45, 7) is 1.91. The number of benzene rings is 1. The summed E-state index contributed by atoms with van der Waals surface area (Å²) in [7, 11) is 1.56. The second kappa shape index (κ2) is 6.63. The molecule has 2 rings (SSSR count). The molecule has 0 aliphatic heterocycles. The van der Waals surface area contributed by atoms with E-state index in [0.717, 1.165) is 4.88 Å². The van der Waals surface area contributed by atoms with Gasteiger partial charge in [0.05, 0.1) is 23.2 Å². The maximum absolute atomic E-state index is 12.0. The molecule has 4 nitrogen and oxygen atoms in total. The van der Waals surface area contributed by atoms with Crippen molar-refractivity contribution in [1.82, 2.24) is 5.32 Å². The van der Waals surface area contributed by atoms with Crippen LogP contribution in [-0.2, 0) is 0 Å². The van der Waals surface area contributed by atoms with Crippen molar-refractivity contribution in [2.75, 3.05) is 12.4 Å². The highest BCUT2D eigenvalue weighted by molar-refractivity contribution is 7.16. The Bertz CT molecular complexity index is 600. The van der Waals surface area contributed by atoms with Crippen molar-refractivity contribution in [1.29, 1.82) is 0 Å². The average molecular weight is 311 g/mol. The predicted molar refractivity (Wildman–Crippen MR) is 82.9 cm³/mol. The molecule has 0 saturated carbocycles. The summed E-state index contributed by atoms with van der Waals surface area (Å²) in [4.78, 5) is 13.0. The molecule has 106 valence electrons. The predicted octanol–water partition coefficient (Wildman–Crippen LogP) is 4.29. The van der Waals surface area contributed by atoms with Crippen molar-refractivity contribution in [3.63, 3.8) is 0 Å². The lowest BCUT2D eigenvalue weighted by Crippen LogP contribution is -2.30. The van der Waals surface area contributed by atoms with Crippen molar-refractivity contribution in [2.45, 2.75) is 13.0 Å². The quantitative estimate of drug-likeness (QED) is 0.885. The van der Waals surface area contributed by atoms with Gasteiger partial charge in [0.25, 0.3) is 0 Å². The van der Waals surface area contributed by atoms with Crippen LogP contribution in [0.25, 0.3) is 0 Å². The van der Waals surface area contributed by atoms with Gasteiger partial charge in [-0.1, -0.05) is 23.7 Å². The summed E-state index contributed by atoms with van der Waals surface area (Å²) in [5.41, 5.74) is 0.629. The van der Waals surface area contributed by atoms with E-state index < -0.39 is 0 Å². The Balaban J connectivity index is 1.98. The smallest absolute Gasteiger partial charge is 0.319 e.